The van der Waals surface area contributed by atoms with Crippen LogP contribution in [0.25, 0.3) is 11.2 Å². The number of nitrogens with one attached hydrogen (secondary N) is 1. The molecule has 2 aliphatic rings. The minimum atomic E-state index is -3.48. The van der Waals surface area contributed by atoms with Gasteiger partial charge in [0.1, 0.15) is 18.3 Å². The van der Waals surface area contributed by atoms with E-state index in [2.05, 4.69) is 15.0 Å². The van der Waals surface area contributed by atoms with Gasteiger partial charge in [-0.25, -0.2) is 4.98 Å². The maximum atomic E-state index is 12.4. The first-order valence-electron chi connectivity index (χ1n) is 9.03. The van der Waals surface area contributed by atoms with Crippen LogP contribution in [0.3, 0.4) is 0 Å². The van der Waals surface area contributed by atoms with Crippen molar-refractivity contribution in [1.29, 1.82) is 0 Å². The van der Waals surface area contributed by atoms with E-state index in [1.54, 1.807) is 18.2 Å². The predicted octanol–water partition coefficient (Wildman–Crippen LogP) is 0.326. The molecule has 0 saturated carbocycles. The van der Waals surface area contributed by atoms with Crippen LogP contribution in [0.5, 0.6) is 0 Å². The van der Waals surface area contributed by atoms with Gasteiger partial charge in [-0.15, -0.1) is 0 Å². The summed E-state index contributed by atoms with van der Waals surface area (Å²) in [4.78, 5) is 34.1. The lowest BCUT2D eigenvalue weighted by Crippen LogP contribution is -2.39. The Morgan fingerprint density at radius 2 is 2.10 bits per heavy atom. The smallest absolute Gasteiger partial charge is 0.325 e. The second-order valence-corrected chi connectivity index (χ2v) is 10.7. The number of para-hydroxylation sites is 1. The van der Waals surface area contributed by atoms with Crippen molar-refractivity contribution in [3.05, 3.63) is 34.6 Å². The van der Waals surface area contributed by atoms with Gasteiger partial charge in [0.15, 0.2) is 22.5 Å². The summed E-state index contributed by atoms with van der Waals surface area (Å²) in [6, 6.07) is 7.12. The number of nitrogens with two attached hydrogens (primary N) is 2. The van der Waals surface area contributed by atoms with Crippen molar-refractivity contribution >= 4 is 53.1 Å². The molecule has 4 heterocycles. The third kappa shape index (κ3) is 3.64. The van der Waals surface area contributed by atoms with Crippen LogP contribution >= 0.6 is 18.5 Å². The number of H-pyrrole nitrogens is 1. The molecule has 0 aliphatic carbocycles. The SMILES string of the molecule is Nc1nc2c(nc(Sc3ccccc3N)n2[C@H]2O[C@@H]3COP(O)(=S)OC3[C@@H]2O)c(=O)[nH]1. The molecular formula is C16H17N6O6PS2. The Labute approximate surface area is 183 Å². The van der Waals surface area contributed by atoms with E-state index in [0.717, 1.165) is 0 Å². The van der Waals surface area contributed by atoms with Crippen molar-refractivity contribution in [2.24, 2.45) is 0 Å². The highest BCUT2D eigenvalue weighted by Gasteiger charge is 2.52. The lowest BCUT2D eigenvalue weighted by Gasteiger charge is -2.30. The van der Waals surface area contributed by atoms with E-state index in [4.69, 9.17) is 37.1 Å². The van der Waals surface area contributed by atoms with Crippen LogP contribution in [0.15, 0.2) is 39.1 Å². The van der Waals surface area contributed by atoms with Crippen molar-refractivity contribution in [3.8, 4) is 0 Å². The summed E-state index contributed by atoms with van der Waals surface area (Å²) in [5.74, 6) is -0.121. The van der Waals surface area contributed by atoms with Crippen molar-refractivity contribution < 1.29 is 23.8 Å². The highest BCUT2D eigenvalue weighted by molar-refractivity contribution is 8.07. The maximum Gasteiger partial charge on any atom is 0.325 e. The van der Waals surface area contributed by atoms with Crippen LogP contribution < -0.4 is 17.0 Å². The van der Waals surface area contributed by atoms with Gasteiger partial charge < -0.3 is 30.7 Å². The first-order valence-corrected chi connectivity index (χ1v) is 12.4. The fraction of sp³-hybridized carbons (Fsp3) is 0.312. The third-order valence-electron chi connectivity index (χ3n) is 4.88. The second kappa shape index (κ2) is 7.53. The van der Waals surface area contributed by atoms with Gasteiger partial charge in [0, 0.05) is 10.6 Å². The number of fused-ring (bicyclic) bond motifs is 2. The Morgan fingerprint density at radius 1 is 1.32 bits per heavy atom. The second-order valence-electron chi connectivity index (χ2n) is 6.92. The molecule has 2 saturated heterocycles. The Bertz CT molecular complexity index is 1280. The molecule has 0 amide bonds. The summed E-state index contributed by atoms with van der Waals surface area (Å²) in [5.41, 5.74) is 11.9. The van der Waals surface area contributed by atoms with Gasteiger partial charge in [-0.2, -0.15) is 4.98 Å². The molecule has 2 aromatic heterocycles. The van der Waals surface area contributed by atoms with Gasteiger partial charge in [-0.1, -0.05) is 12.1 Å². The van der Waals surface area contributed by atoms with Crippen LogP contribution in [0.1, 0.15) is 6.23 Å². The molecule has 0 radical (unpaired) electrons. The molecule has 2 unspecified atom stereocenters. The number of hydrogen-bond acceptors (Lipinski definition) is 11. The number of aliphatic hydroxyl groups excluding tert-OH is 1. The number of anilines is 2. The number of imidazole rings is 1. The Hall–Kier alpha value is -2.03. The molecular weight excluding hydrogens is 467 g/mol. The average Bonchev–Trinajstić information content (AvgIpc) is 3.20. The average molecular weight is 484 g/mol. The van der Waals surface area contributed by atoms with E-state index in [9.17, 15) is 14.8 Å². The fourth-order valence-electron chi connectivity index (χ4n) is 3.50. The summed E-state index contributed by atoms with van der Waals surface area (Å²) >= 11 is 6.06. The monoisotopic (exact) mass is 484 g/mol. The highest BCUT2D eigenvalue weighted by atomic mass is 32.5. The number of rotatable bonds is 3. The first kappa shape index (κ1) is 20.8. The molecule has 2 aliphatic heterocycles. The molecule has 0 spiro atoms. The van der Waals surface area contributed by atoms with Crippen molar-refractivity contribution in [1.82, 2.24) is 19.5 Å². The van der Waals surface area contributed by atoms with Crippen LogP contribution in [0, 0.1) is 0 Å². The Morgan fingerprint density at radius 3 is 2.87 bits per heavy atom. The molecule has 12 nitrogen and oxygen atoms in total. The van der Waals surface area contributed by atoms with Crippen LogP contribution in [0.2, 0.25) is 0 Å². The topological polar surface area (TPSA) is 184 Å². The summed E-state index contributed by atoms with van der Waals surface area (Å²) in [6.07, 6.45) is -3.93. The van der Waals surface area contributed by atoms with Crippen LogP contribution in [-0.2, 0) is 25.6 Å². The number of ether oxygens (including phenoxy) is 1. The molecule has 2 fully saturated rings. The van der Waals surface area contributed by atoms with Gasteiger partial charge >= 0.3 is 6.72 Å². The summed E-state index contributed by atoms with van der Waals surface area (Å²) < 4.78 is 18.0. The first-order chi connectivity index (χ1) is 14.7. The zero-order chi connectivity index (χ0) is 21.9. The number of nitrogen functional groups attached to an aromatic ring is 2. The van der Waals surface area contributed by atoms with E-state index < -0.39 is 36.8 Å². The Balaban J connectivity index is 1.64. The van der Waals surface area contributed by atoms with E-state index >= 15 is 0 Å². The molecule has 1 aromatic carbocycles. The van der Waals surface area contributed by atoms with Crippen molar-refractivity contribution in [3.63, 3.8) is 0 Å². The lowest BCUT2D eigenvalue weighted by atomic mass is 10.1. The molecule has 3 aromatic rings. The number of benzene rings is 1. The summed E-state index contributed by atoms with van der Waals surface area (Å²) in [6.45, 7) is -3.53. The fourth-order valence-corrected chi connectivity index (χ4v) is 5.90. The largest absolute Gasteiger partial charge is 0.398 e. The van der Waals surface area contributed by atoms with E-state index in [1.165, 1.54) is 16.3 Å². The molecule has 5 atom stereocenters. The zero-order valence-electron chi connectivity index (χ0n) is 15.6. The Kier molecular flexibility index (Phi) is 5.07. The third-order valence-corrected chi connectivity index (χ3v) is 7.50. The van der Waals surface area contributed by atoms with E-state index in [0.29, 0.717) is 15.7 Å². The molecule has 164 valence electrons. The van der Waals surface area contributed by atoms with Gasteiger partial charge in [0.05, 0.1) is 6.61 Å². The molecule has 0 bridgehead atoms. The van der Waals surface area contributed by atoms with Gasteiger partial charge in [0.2, 0.25) is 5.95 Å². The quantitative estimate of drug-likeness (QED) is 0.254. The van der Waals surface area contributed by atoms with Crippen LogP contribution in [-0.4, -0.2) is 54.4 Å². The standard InChI is InChI=1S/C16H17N6O6PS2/c17-6-3-1-2-4-8(6)31-16-19-9-12(20-15(18)21-13(9)24)22(16)14-10(23)11-7(27-14)5-26-29(25,30)28-11/h1-4,7,10-11,14,23H,5,17H2,(H,25,30)(H3,18,20,21,24)/t7-,10+,11?,14+,29?/m1/s1. The van der Waals surface area contributed by atoms with Gasteiger partial charge in [-0.3, -0.25) is 18.9 Å². The summed E-state index contributed by atoms with van der Waals surface area (Å²) in [5, 5.41) is 11.3. The number of hydrogen-bond donors (Lipinski definition) is 5. The predicted molar refractivity (Wildman–Crippen MR) is 115 cm³/mol. The number of aromatic nitrogens is 4. The van der Waals surface area contributed by atoms with Crippen molar-refractivity contribution in [2.75, 3.05) is 18.1 Å². The molecule has 15 heteroatoms. The van der Waals surface area contributed by atoms with Crippen LogP contribution in [0.4, 0.5) is 11.6 Å². The minimum Gasteiger partial charge on any atom is -0.398 e. The highest BCUT2D eigenvalue weighted by Crippen LogP contribution is 2.53. The summed E-state index contributed by atoms with van der Waals surface area (Å²) in [7, 11) is 0. The molecule has 5 rings (SSSR count). The van der Waals surface area contributed by atoms with Gasteiger partial charge in [-0.05, 0) is 35.7 Å². The lowest BCUT2D eigenvalue weighted by molar-refractivity contribution is -0.0619. The minimum absolute atomic E-state index is 0.0151. The number of aliphatic hydroxyl groups is 1. The molecule has 7 N–H and O–H groups in total. The normalized spacial score (nSPS) is 30.5. The number of aromatic amines is 1. The number of nitrogens with zero attached hydrogens (tertiary/aromatic N) is 3. The van der Waals surface area contributed by atoms with Gasteiger partial charge in [0.25, 0.3) is 5.56 Å². The van der Waals surface area contributed by atoms with E-state index in [-0.39, 0.29) is 23.7 Å². The van der Waals surface area contributed by atoms with Crippen molar-refractivity contribution in [2.45, 2.75) is 34.6 Å². The van der Waals surface area contributed by atoms with E-state index in [1.807, 2.05) is 6.07 Å². The maximum absolute atomic E-state index is 12.4. The molecule has 31 heavy (non-hydrogen) atoms. The zero-order valence-corrected chi connectivity index (χ0v) is 18.1.